The highest BCUT2D eigenvalue weighted by molar-refractivity contribution is 6.04. The van der Waals surface area contributed by atoms with Crippen molar-refractivity contribution in [2.75, 3.05) is 37.7 Å². The van der Waals surface area contributed by atoms with E-state index in [0.717, 1.165) is 51.6 Å². The summed E-state index contributed by atoms with van der Waals surface area (Å²) in [6.45, 7) is 5.44. The molecule has 0 spiro atoms. The van der Waals surface area contributed by atoms with E-state index in [2.05, 4.69) is 31.3 Å². The SMILES string of the molecule is C#Cc1c(F)ccc2cc(O)cc(-c3nc(OCC)c4c(N5C[C@H]6CC[C@@H](C5)N6)nc(OC[C@@]56CCCN5[C@H](Cn5ccnn5)CC6)nc4c3F)c12. The van der Waals surface area contributed by atoms with Crippen molar-refractivity contribution in [1.29, 1.82) is 0 Å². The van der Waals surface area contributed by atoms with E-state index < -0.39 is 11.6 Å². The Hall–Kier alpha value is -5.13. The smallest absolute Gasteiger partial charge is 0.319 e. The molecular formula is C38H39F2N9O3. The molecule has 5 aromatic rings. The number of pyridine rings is 1. The predicted octanol–water partition coefficient (Wildman–Crippen LogP) is 4.82. The van der Waals surface area contributed by atoms with Gasteiger partial charge in [-0.15, -0.1) is 11.5 Å². The zero-order valence-electron chi connectivity index (χ0n) is 28.9. The van der Waals surface area contributed by atoms with Gasteiger partial charge in [0.05, 0.1) is 30.5 Å². The van der Waals surface area contributed by atoms with Crippen molar-refractivity contribution in [2.24, 2.45) is 0 Å². The third-order valence-electron chi connectivity index (χ3n) is 11.3. The minimum Gasteiger partial charge on any atom is -0.508 e. The average Bonchev–Trinajstić information content (AvgIpc) is 3.95. The van der Waals surface area contributed by atoms with E-state index in [1.165, 1.54) is 24.3 Å². The second kappa shape index (κ2) is 12.8. The third-order valence-corrected chi connectivity index (χ3v) is 11.3. The number of anilines is 1. The molecule has 12 nitrogen and oxygen atoms in total. The quantitative estimate of drug-likeness (QED) is 0.205. The number of aromatic hydroxyl groups is 1. The lowest BCUT2D eigenvalue weighted by Gasteiger charge is -2.35. The topological polar surface area (TPSA) is 127 Å². The number of terminal acetylenes is 1. The fourth-order valence-electron chi connectivity index (χ4n) is 9.09. The molecule has 0 amide bonds. The summed E-state index contributed by atoms with van der Waals surface area (Å²) in [5.41, 5.74) is -0.357. The molecule has 14 heteroatoms. The number of rotatable bonds is 9. The van der Waals surface area contributed by atoms with Gasteiger partial charge in [0.15, 0.2) is 5.82 Å². The predicted molar refractivity (Wildman–Crippen MR) is 190 cm³/mol. The standard InChI is InChI=1S/C38H39F2N9O3/c1-3-27-29(39)9-6-22-16-26(50)17-28(30(22)27)33-32(40)34-31(36(43-33)51-4-2)35(47-18-23-7-8-24(19-47)42-23)45-37(44-34)52-21-38-11-5-14-49(38)25(10-12-38)20-48-15-13-41-46-48/h1,6,9,13,15-17,23-25,42,50H,4-5,7-8,10-12,14,18-21H2,2H3/t23-,24+,25-,38-/m0/s1. The number of nitrogens with zero attached hydrogens (tertiary/aromatic N) is 8. The number of aromatic nitrogens is 6. The Morgan fingerprint density at radius 3 is 2.67 bits per heavy atom. The van der Waals surface area contributed by atoms with Gasteiger partial charge >= 0.3 is 6.01 Å². The van der Waals surface area contributed by atoms with E-state index in [9.17, 15) is 5.11 Å². The Morgan fingerprint density at radius 2 is 1.90 bits per heavy atom. The Balaban J connectivity index is 1.18. The first-order valence-corrected chi connectivity index (χ1v) is 18.0. The van der Waals surface area contributed by atoms with Crippen LogP contribution in [0.3, 0.4) is 0 Å². The van der Waals surface area contributed by atoms with Crippen LogP contribution in [0.1, 0.15) is 51.0 Å². The molecule has 7 heterocycles. The highest BCUT2D eigenvalue weighted by atomic mass is 19.1. The minimum atomic E-state index is -0.779. The molecule has 9 rings (SSSR count). The third kappa shape index (κ3) is 5.45. The van der Waals surface area contributed by atoms with Gasteiger partial charge in [0.1, 0.15) is 40.6 Å². The lowest BCUT2D eigenvalue weighted by atomic mass is 9.95. The van der Waals surface area contributed by atoms with Gasteiger partial charge < -0.3 is 24.8 Å². The van der Waals surface area contributed by atoms with Crippen molar-refractivity contribution in [1.82, 2.24) is 40.2 Å². The van der Waals surface area contributed by atoms with E-state index in [1.54, 1.807) is 6.20 Å². The Labute approximate surface area is 299 Å². The molecule has 4 aliphatic heterocycles. The highest BCUT2D eigenvalue weighted by Crippen LogP contribution is 2.45. The van der Waals surface area contributed by atoms with Gasteiger partial charge in [-0.2, -0.15) is 9.97 Å². The molecule has 2 bridgehead atoms. The number of ether oxygens (including phenoxy) is 2. The van der Waals surface area contributed by atoms with Crippen molar-refractivity contribution < 1.29 is 23.4 Å². The van der Waals surface area contributed by atoms with Crippen LogP contribution in [0.2, 0.25) is 0 Å². The molecule has 4 saturated heterocycles. The van der Waals surface area contributed by atoms with Crippen LogP contribution in [0.5, 0.6) is 17.6 Å². The van der Waals surface area contributed by atoms with Crippen LogP contribution >= 0.6 is 0 Å². The molecule has 268 valence electrons. The Bertz CT molecular complexity index is 2220. The summed E-state index contributed by atoms with van der Waals surface area (Å²) in [7, 11) is 0. The van der Waals surface area contributed by atoms with Gasteiger partial charge in [-0.1, -0.05) is 17.2 Å². The maximum absolute atomic E-state index is 17.3. The van der Waals surface area contributed by atoms with Crippen molar-refractivity contribution in [3.8, 4) is 41.2 Å². The number of hydrogen-bond acceptors (Lipinski definition) is 11. The summed E-state index contributed by atoms with van der Waals surface area (Å²) in [5.74, 6) is 1.46. The number of nitrogens with one attached hydrogen (secondary N) is 1. The monoisotopic (exact) mass is 707 g/mol. The normalized spacial score (nSPS) is 24.1. The second-order valence-corrected chi connectivity index (χ2v) is 14.4. The van der Waals surface area contributed by atoms with Gasteiger partial charge in [0.25, 0.3) is 0 Å². The van der Waals surface area contributed by atoms with Crippen LogP contribution in [0.4, 0.5) is 14.6 Å². The number of hydrogen-bond donors (Lipinski definition) is 2. The first kappa shape index (κ1) is 32.8. The molecule has 2 N–H and O–H groups in total. The molecule has 0 radical (unpaired) electrons. The van der Waals surface area contributed by atoms with E-state index >= 15 is 8.78 Å². The number of phenols is 1. The number of benzene rings is 2. The van der Waals surface area contributed by atoms with Gasteiger partial charge in [-0.3, -0.25) is 9.58 Å². The summed E-state index contributed by atoms with van der Waals surface area (Å²) < 4.78 is 46.9. The maximum Gasteiger partial charge on any atom is 0.319 e. The van der Waals surface area contributed by atoms with Crippen LogP contribution in [0.15, 0.2) is 36.7 Å². The first-order valence-electron chi connectivity index (χ1n) is 18.0. The van der Waals surface area contributed by atoms with E-state index in [-0.39, 0.29) is 69.6 Å². The minimum absolute atomic E-state index is 0.0364. The van der Waals surface area contributed by atoms with E-state index in [4.69, 9.17) is 30.8 Å². The molecule has 4 fully saturated rings. The average molecular weight is 708 g/mol. The van der Waals surface area contributed by atoms with Gasteiger partial charge in [-0.05, 0) is 75.6 Å². The summed E-state index contributed by atoms with van der Waals surface area (Å²) in [4.78, 5) is 19.1. The van der Waals surface area contributed by atoms with E-state index in [0.29, 0.717) is 42.3 Å². The van der Waals surface area contributed by atoms with Crippen LogP contribution in [0, 0.1) is 24.0 Å². The maximum atomic E-state index is 17.3. The van der Waals surface area contributed by atoms with Crippen LogP contribution in [-0.2, 0) is 6.54 Å². The molecule has 52 heavy (non-hydrogen) atoms. The van der Waals surface area contributed by atoms with Crippen LogP contribution in [0.25, 0.3) is 32.9 Å². The molecule has 2 aromatic carbocycles. The van der Waals surface area contributed by atoms with Gasteiger partial charge in [-0.25, -0.2) is 13.8 Å². The van der Waals surface area contributed by atoms with Crippen LogP contribution in [-0.4, -0.2) is 96.5 Å². The molecule has 0 aliphatic carbocycles. The summed E-state index contributed by atoms with van der Waals surface area (Å²) in [6, 6.07) is 6.41. The molecule has 4 aliphatic rings. The number of halogens is 2. The zero-order valence-corrected chi connectivity index (χ0v) is 28.9. The van der Waals surface area contributed by atoms with Gasteiger partial charge in [0.2, 0.25) is 5.88 Å². The zero-order chi connectivity index (χ0) is 35.6. The number of fused-ring (bicyclic) bond motifs is 5. The molecule has 0 saturated carbocycles. The second-order valence-electron chi connectivity index (χ2n) is 14.4. The largest absolute Gasteiger partial charge is 0.508 e. The van der Waals surface area contributed by atoms with Crippen molar-refractivity contribution >= 4 is 27.5 Å². The van der Waals surface area contributed by atoms with Crippen molar-refractivity contribution in [3.05, 3.63) is 53.9 Å². The van der Waals surface area contributed by atoms with Crippen molar-refractivity contribution in [2.45, 2.75) is 75.7 Å². The van der Waals surface area contributed by atoms with Crippen LogP contribution < -0.4 is 19.7 Å². The summed E-state index contributed by atoms with van der Waals surface area (Å²) in [5, 5.41) is 23.6. The number of phenolic OH excluding ortho intramolecular Hbond substituents is 1. The molecule has 4 atom stereocenters. The summed E-state index contributed by atoms with van der Waals surface area (Å²) in [6.07, 6.45) is 15.4. The first-order chi connectivity index (χ1) is 25.3. The molecule has 0 unspecified atom stereocenters. The van der Waals surface area contributed by atoms with Gasteiger partial charge in [0, 0.05) is 48.4 Å². The van der Waals surface area contributed by atoms with Crippen molar-refractivity contribution in [3.63, 3.8) is 0 Å². The number of piperazine rings is 1. The Morgan fingerprint density at radius 1 is 1.06 bits per heavy atom. The Kier molecular flexibility index (Phi) is 8.08. The lowest BCUT2D eigenvalue weighted by Crippen LogP contribution is -2.51. The highest BCUT2D eigenvalue weighted by Gasteiger charge is 2.50. The fraction of sp³-hybridized carbons (Fsp3) is 0.447. The van der Waals surface area contributed by atoms with E-state index in [1.807, 2.05) is 17.8 Å². The molecule has 3 aromatic heterocycles. The fourth-order valence-corrected chi connectivity index (χ4v) is 9.09. The molecular weight excluding hydrogens is 668 g/mol. The summed E-state index contributed by atoms with van der Waals surface area (Å²) >= 11 is 0. The lowest BCUT2D eigenvalue weighted by molar-refractivity contribution is 0.0787.